The van der Waals surface area contributed by atoms with Crippen LogP contribution >= 0.6 is 11.3 Å². The summed E-state index contributed by atoms with van der Waals surface area (Å²) in [5.74, 6) is 0.234. The minimum atomic E-state index is -0.0161. The van der Waals surface area contributed by atoms with Crippen molar-refractivity contribution >= 4 is 34.0 Å². The van der Waals surface area contributed by atoms with E-state index in [4.69, 9.17) is 5.73 Å². The number of piperazine rings is 1. The maximum absolute atomic E-state index is 12.5. The Morgan fingerprint density at radius 1 is 1.15 bits per heavy atom. The molecule has 1 aromatic carbocycles. The zero-order chi connectivity index (χ0) is 22.9. The zero-order valence-electron chi connectivity index (χ0n) is 18.7. The van der Waals surface area contributed by atoms with Gasteiger partial charge in [-0.15, -0.1) is 0 Å². The van der Waals surface area contributed by atoms with E-state index >= 15 is 0 Å². The fourth-order valence-electron chi connectivity index (χ4n) is 4.14. The number of carbonyl (C=O) groups excluding carboxylic acids is 1. The molecule has 1 fully saturated rings. The van der Waals surface area contributed by atoms with Crippen LogP contribution in [0, 0.1) is 6.92 Å². The van der Waals surface area contributed by atoms with Gasteiger partial charge in [-0.05, 0) is 31.2 Å². The fourth-order valence-corrected chi connectivity index (χ4v) is 5.12. The average Bonchev–Trinajstić information content (AvgIpc) is 3.38. The van der Waals surface area contributed by atoms with Gasteiger partial charge in [-0.3, -0.25) is 14.7 Å². The summed E-state index contributed by atoms with van der Waals surface area (Å²) in [7, 11) is 2.11. The number of hydrogen-bond acceptors (Lipinski definition) is 9. The molecule has 0 bridgehead atoms. The minimum absolute atomic E-state index is 0.0161. The lowest BCUT2D eigenvalue weighted by Gasteiger charge is -2.31. The monoisotopic (exact) mass is 462 g/mol. The summed E-state index contributed by atoms with van der Waals surface area (Å²) in [5.41, 5.74) is 11.6. The quantitative estimate of drug-likeness (QED) is 0.596. The third kappa shape index (κ3) is 4.63. The number of nitrogens with zero attached hydrogens (tertiary/aromatic N) is 6. The summed E-state index contributed by atoms with van der Waals surface area (Å²) in [4.78, 5) is 35.5. The summed E-state index contributed by atoms with van der Waals surface area (Å²) in [6.45, 7) is 6.78. The van der Waals surface area contributed by atoms with Gasteiger partial charge < -0.3 is 16.0 Å². The lowest BCUT2D eigenvalue weighted by molar-refractivity contribution is -0.117. The molecule has 0 spiro atoms. The highest BCUT2D eigenvalue weighted by Crippen LogP contribution is 2.35. The van der Waals surface area contributed by atoms with Crippen LogP contribution in [0.2, 0.25) is 0 Å². The smallest absolute Gasteiger partial charge is 0.240 e. The van der Waals surface area contributed by atoms with Gasteiger partial charge in [0.15, 0.2) is 5.13 Å². The second kappa shape index (κ2) is 8.97. The van der Waals surface area contributed by atoms with E-state index in [0.717, 1.165) is 64.7 Å². The summed E-state index contributed by atoms with van der Waals surface area (Å²) in [6, 6.07) is 6.31. The SMILES string of the molecule is Cc1nc(NC(=O)CN2CCN(C)CC2)sc1-c1ccc2c(c1)CN=C2c1cnc(N)nc1. The fraction of sp³-hybridized carbons (Fsp3) is 0.348. The normalized spacial score (nSPS) is 16.5. The van der Waals surface area contributed by atoms with E-state index in [2.05, 4.69) is 60.3 Å². The van der Waals surface area contributed by atoms with Gasteiger partial charge in [0, 0.05) is 49.7 Å². The molecule has 0 atom stereocenters. The largest absolute Gasteiger partial charge is 0.368 e. The lowest BCUT2D eigenvalue weighted by atomic mass is 9.99. The minimum Gasteiger partial charge on any atom is -0.368 e. The van der Waals surface area contributed by atoms with Crippen LogP contribution in [-0.2, 0) is 11.3 Å². The number of hydrogen-bond donors (Lipinski definition) is 2. The molecule has 3 N–H and O–H groups in total. The molecule has 10 heteroatoms. The third-order valence-corrected chi connectivity index (χ3v) is 7.10. The number of fused-ring (bicyclic) bond motifs is 1. The number of aromatic nitrogens is 3. The highest BCUT2D eigenvalue weighted by molar-refractivity contribution is 7.19. The topological polar surface area (TPSA) is 113 Å². The Balaban J connectivity index is 1.29. The first-order valence-corrected chi connectivity index (χ1v) is 11.7. The first-order chi connectivity index (χ1) is 16.0. The van der Waals surface area contributed by atoms with Crippen molar-refractivity contribution in [1.82, 2.24) is 24.8 Å². The summed E-state index contributed by atoms with van der Waals surface area (Å²) >= 11 is 1.51. The second-order valence-corrected chi connectivity index (χ2v) is 9.43. The van der Waals surface area contributed by atoms with Crippen LogP contribution in [0.15, 0.2) is 35.6 Å². The van der Waals surface area contributed by atoms with Crippen LogP contribution in [0.25, 0.3) is 10.4 Å². The number of anilines is 2. The molecule has 2 aliphatic heterocycles. The van der Waals surface area contributed by atoms with E-state index in [9.17, 15) is 4.79 Å². The molecule has 5 rings (SSSR count). The van der Waals surface area contributed by atoms with Gasteiger partial charge in [0.1, 0.15) is 0 Å². The van der Waals surface area contributed by atoms with E-state index in [1.165, 1.54) is 11.3 Å². The number of nitrogens with one attached hydrogen (secondary N) is 1. The Hall–Kier alpha value is -3.21. The molecule has 3 aromatic rings. The summed E-state index contributed by atoms with van der Waals surface area (Å²) in [5, 5.41) is 3.62. The van der Waals surface area contributed by atoms with Crippen molar-refractivity contribution in [3.8, 4) is 10.4 Å². The number of rotatable bonds is 5. The molecule has 9 nitrogen and oxygen atoms in total. The van der Waals surface area contributed by atoms with Crippen LogP contribution in [0.1, 0.15) is 22.4 Å². The highest BCUT2D eigenvalue weighted by atomic mass is 32.1. The van der Waals surface area contributed by atoms with Crippen molar-refractivity contribution in [1.29, 1.82) is 0 Å². The van der Waals surface area contributed by atoms with Gasteiger partial charge in [0.05, 0.1) is 29.4 Å². The molecule has 1 saturated heterocycles. The molecular weight excluding hydrogens is 436 g/mol. The molecule has 0 saturated carbocycles. The zero-order valence-corrected chi connectivity index (χ0v) is 19.5. The number of nitrogen functional groups attached to an aromatic ring is 1. The predicted octanol–water partition coefficient (Wildman–Crippen LogP) is 2.03. The van der Waals surface area contributed by atoms with Gasteiger partial charge in [-0.2, -0.15) is 0 Å². The van der Waals surface area contributed by atoms with Gasteiger partial charge in [-0.25, -0.2) is 15.0 Å². The molecule has 0 aliphatic carbocycles. The standard InChI is InChI=1S/C23H26N8OS/c1-14-21(33-23(28-14)29-19(32)13-31-7-5-30(2)6-8-31)15-3-4-18-16(9-15)10-25-20(18)17-11-26-22(24)27-12-17/h3-4,9,11-12H,5-8,10,13H2,1-2H3,(H2,24,26,27)(H,28,29,32). The van der Waals surface area contributed by atoms with Crippen molar-refractivity contribution in [2.45, 2.75) is 13.5 Å². The Kier molecular flexibility index (Phi) is 5.88. The van der Waals surface area contributed by atoms with E-state index in [1.54, 1.807) is 12.4 Å². The van der Waals surface area contributed by atoms with E-state index < -0.39 is 0 Å². The number of aryl methyl sites for hydroxylation is 1. The van der Waals surface area contributed by atoms with Crippen molar-refractivity contribution in [2.75, 3.05) is 50.8 Å². The molecule has 0 radical (unpaired) electrons. The predicted molar refractivity (Wildman–Crippen MR) is 131 cm³/mol. The van der Waals surface area contributed by atoms with Gasteiger partial charge in [0.2, 0.25) is 11.9 Å². The van der Waals surface area contributed by atoms with Crippen LogP contribution in [0.5, 0.6) is 0 Å². The number of carbonyl (C=O) groups is 1. The molecule has 0 unspecified atom stereocenters. The molecule has 1 amide bonds. The van der Waals surface area contributed by atoms with Crippen LogP contribution in [0.4, 0.5) is 11.1 Å². The number of amides is 1. The maximum atomic E-state index is 12.5. The molecule has 170 valence electrons. The number of benzene rings is 1. The Labute approximate surface area is 196 Å². The van der Waals surface area contributed by atoms with E-state index in [1.807, 2.05) is 6.92 Å². The first-order valence-electron chi connectivity index (χ1n) is 10.9. The Bertz CT molecular complexity index is 1210. The molecule has 2 aliphatic rings. The van der Waals surface area contributed by atoms with Crippen molar-refractivity contribution < 1.29 is 4.79 Å². The van der Waals surface area contributed by atoms with Gasteiger partial charge in [-0.1, -0.05) is 23.5 Å². The number of aliphatic imine (C=N–C) groups is 1. The van der Waals surface area contributed by atoms with Crippen molar-refractivity contribution in [3.63, 3.8) is 0 Å². The molecule has 2 aromatic heterocycles. The summed E-state index contributed by atoms with van der Waals surface area (Å²) in [6.07, 6.45) is 3.41. The number of nitrogens with two attached hydrogens (primary N) is 1. The molecule has 33 heavy (non-hydrogen) atoms. The molecular formula is C23H26N8OS. The van der Waals surface area contributed by atoms with Crippen molar-refractivity contribution in [3.05, 3.63) is 53.0 Å². The maximum Gasteiger partial charge on any atom is 0.240 e. The van der Waals surface area contributed by atoms with E-state index in [0.29, 0.717) is 18.2 Å². The Morgan fingerprint density at radius 2 is 1.91 bits per heavy atom. The number of likely N-dealkylation sites (N-methyl/N-ethyl adjacent to an activating group) is 1. The Morgan fingerprint density at radius 3 is 2.67 bits per heavy atom. The highest BCUT2D eigenvalue weighted by Gasteiger charge is 2.21. The molecule has 4 heterocycles. The van der Waals surface area contributed by atoms with Crippen LogP contribution in [0.3, 0.4) is 0 Å². The third-order valence-electron chi connectivity index (χ3n) is 5.98. The first kappa shape index (κ1) is 21.6. The summed E-state index contributed by atoms with van der Waals surface area (Å²) < 4.78 is 0. The van der Waals surface area contributed by atoms with Crippen LogP contribution in [-0.4, -0.2) is 76.1 Å². The van der Waals surface area contributed by atoms with Gasteiger partial charge in [0.25, 0.3) is 0 Å². The lowest BCUT2D eigenvalue weighted by Crippen LogP contribution is -2.47. The van der Waals surface area contributed by atoms with Crippen LogP contribution < -0.4 is 11.1 Å². The second-order valence-electron chi connectivity index (χ2n) is 8.43. The van der Waals surface area contributed by atoms with Gasteiger partial charge >= 0.3 is 0 Å². The average molecular weight is 463 g/mol. The van der Waals surface area contributed by atoms with Crippen molar-refractivity contribution in [2.24, 2.45) is 4.99 Å². The number of thiazole rings is 1. The van der Waals surface area contributed by atoms with E-state index in [-0.39, 0.29) is 11.9 Å².